The van der Waals surface area contributed by atoms with Gasteiger partial charge in [-0.15, -0.1) is 0 Å². The molecule has 3 heterocycles. The summed E-state index contributed by atoms with van der Waals surface area (Å²) in [6.07, 6.45) is 1.99. The molecule has 0 spiro atoms. The molecule has 1 amide bonds. The lowest BCUT2D eigenvalue weighted by Crippen LogP contribution is -2.26. The molecule has 5 rings (SSSR count). The maximum Gasteiger partial charge on any atom is 0.325 e. The second-order valence-corrected chi connectivity index (χ2v) is 6.42. The van der Waals surface area contributed by atoms with Gasteiger partial charge in [0, 0.05) is 19.5 Å². The first-order valence-corrected chi connectivity index (χ1v) is 8.51. The first kappa shape index (κ1) is 14.9. The molecule has 2 aromatic heterocycles. The summed E-state index contributed by atoms with van der Waals surface area (Å²) < 4.78 is 7.40. The largest absolute Gasteiger partial charge is 0.416 e. The van der Waals surface area contributed by atoms with Crippen LogP contribution in [0.15, 0.2) is 65.3 Å². The molecule has 0 N–H and O–H groups in total. The molecule has 6 heteroatoms. The van der Waals surface area contributed by atoms with Gasteiger partial charge in [-0.1, -0.05) is 54.6 Å². The highest BCUT2D eigenvalue weighted by molar-refractivity contribution is 5.93. The normalized spacial score (nSPS) is 13.3. The summed E-state index contributed by atoms with van der Waals surface area (Å²) >= 11 is 0. The summed E-state index contributed by atoms with van der Waals surface area (Å²) in [5, 5.41) is 4.23. The first-order valence-electron chi connectivity index (χ1n) is 8.51. The van der Waals surface area contributed by atoms with E-state index < -0.39 is 0 Å². The van der Waals surface area contributed by atoms with Crippen molar-refractivity contribution in [3.8, 4) is 0 Å². The maximum atomic E-state index is 13.2. The number of rotatable bonds is 3. The van der Waals surface area contributed by atoms with Crippen LogP contribution in [0.4, 0.5) is 0 Å². The zero-order chi connectivity index (χ0) is 17.5. The molecule has 6 nitrogen and oxygen atoms in total. The average molecular weight is 344 g/mol. The fourth-order valence-corrected chi connectivity index (χ4v) is 3.46. The van der Waals surface area contributed by atoms with Crippen LogP contribution in [0, 0.1) is 0 Å². The van der Waals surface area contributed by atoms with E-state index in [1.807, 2.05) is 42.5 Å². The SMILES string of the molecule is O=C(c1oc2ncnn2c1Cc1ccccc1)N1Cc2ccccc2C1. The summed E-state index contributed by atoms with van der Waals surface area (Å²) in [6.45, 7) is 1.19. The number of nitrogens with zero attached hydrogens (tertiary/aromatic N) is 4. The van der Waals surface area contributed by atoms with Gasteiger partial charge in [0.2, 0.25) is 5.76 Å². The van der Waals surface area contributed by atoms with Gasteiger partial charge in [0.1, 0.15) is 12.0 Å². The van der Waals surface area contributed by atoms with Gasteiger partial charge in [-0.05, 0) is 16.7 Å². The van der Waals surface area contributed by atoms with Crippen molar-refractivity contribution in [3.63, 3.8) is 0 Å². The minimum Gasteiger partial charge on any atom is -0.416 e. The second kappa shape index (κ2) is 5.84. The van der Waals surface area contributed by atoms with Crippen LogP contribution in [0.5, 0.6) is 0 Å². The highest BCUT2D eigenvalue weighted by atomic mass is 16.4. The summed E-state index contributed by atoms with van der Waals surface area (Å²) in [7, 11) is 0. The predicted octanol–water partition coefficient (Wildman–Crippen LogP) is 3.07. The number of oxazole rings is 1. The Labute approximate surface area is 149 Å². The second-order valence-electron chi connectivity index (χ2n) is 6.42. The van der Waals surface area contributed by atoms with Gasteiger partial charge >= 0.3 is 5.84 Å². The Kier molecular flexibility index (Phi) is 3.35. The number of aromatic nitrogens is 3. The average Bonchev–Trinajstić information content (AvgIpc) is 3.37. The molecule has 0 bridgehead atoms. The van der Waals surface area contributed by atoms with E-state index in [0.717, 1.165) is 11.3 Å². The summed E-state index contributed by atoms with van der Waals surface area (Å²) in [4.78, 5) is 19.1. The number of hydrogen-bond acceptors (Lipinski definition) is 4. The lowest BCUT2D eigenvalue weighted by molar-refractivity contribution is 0.0719. The highest BCUT2D eigenvalue weighted by Gasteiger charge is 2.30. The lowest BCUT2D eigenvalue weighted by atomic mass is 10.1. The zero-order valence-corrected chi connectivity index (χ0v) is 14.0. The van der Waals surface area contributed by atoms with Crippen LogP contribution in [0.1, 0.15) is 32.9 Å². The molecular weight excluding hydrogens is 328 g/mol. The van der Waals surface area contributed by atoms with Gasteiger partial charge in [0.15, 0.2) is 0 Å². The van der Waals surface area contributed by atoms with Gasteiger partial charge in [-0.25, -0.2) is 0 Å². The monoisotopic (exact) mass is 344 g/mol. The highest BCUT2D eigenvalue weighted by Crippen LogP contribution is 2.26. The Bertz CT molecular complexity index is 1070. The molecule has 2 aromatic carbocycles. The van der Waals surface area contributed by atoms with Crippen molar-refractivity contribution in [2.75, 3.05) is 0 Å². The van der Waals surface area contributed by atoms with Gasteiger partial charge in [0.25, 0.3) is 5.91 Å². The van der Waals surface area contributed by atoms with Crippen molar-refractivity contribution >= 4 is 11.8 Å². The fraction of sp³-hybridized carbons (Fsp3) is 0.150. The van der Waals surface area contributed by atoms with Crippen molar-refractivity contribution in [1.29, 1.82) is 0 Å². The summed E-state index contributed by atoms with van der Waals surface area (Å²) in [5.41, 5.74) is 4.17. The first-order chi connectivity index (χ1) is 12.8. The van der Waals surface area contributed by atoms with Crippen molar-refractivity contribution < 1.29 is 9.21 Å². The number of carbonyl (C=O) groups is 1. The number of hydrogen-bond donors (Lipinski definition) is 0. The van der Waals surface area contributed by atoms with Crippen LogP contribution in [-0.4, -0.2) is 25.4 Å². The topological polar surface area (TPSA) is 63.6 Å². The molecule has 128 valence electrons. The number of amides is 1. The van der Waals surface area contributed by atoms with Gasteiger partial charge in [0.05, 0.1) is 0 Å². The van der Waals surface area contributed by atoms with Crippen LogP contribution < -0.4 is 0 Å². The molecule has 26 heavy (non-hydrogen) atoms. The third kappa shape index (κ3) is 2.38. The molecule has 4 aromatic rings. The number of benzene rings is 2. The Morgan fingerprint density at radius 3 is 2.42 bits per heavy atom. The van der Waals surface area contributed by atoms with E-state index in [2.05, 4.69) is 22.2 Å². The fourth-order valence-electron chi connectivity index (χ4n) is 3.46. The minimum absolute atomic E-state index is 0.126. The van der Waals surface area contributed by atoms with Crippen molar-refractivity contribution in [2.45, 2.75) is 19.5 Å². The lowest BCUT2D eigenvalue weighted by Gasteiger charge is -2.14. The van der Waals surface area contributed by atoms with Gasteiger partial charge in [-0.2, -0.15) is 14.6 Å². The van der Waals surface area contributed by atoms with Gasteiger partial charge in [-0.3, -0.25) is 4.79 Å². The Balaban J connectivity index is 1.52. The molecule has 1 aliphatic heterocycles. The van der Waals surface area contributed by atoms with E-state index >= 15 is 0 Å². The standard InChI is InChI=1S/C20H16N4O2/c25-19(23-11-15-8-4-5-9-16(15)12-23)18-17(10-14-6-2-1-3-7-14)24-20(26-18)21-13-22-24/h1-9,13H,10-12H2. The molecule has 0 radical (unpaired) electrons. The summed E-state index contributed by atoms with van der Waals surface area (Å²) in [5.74, 6) is 0.535. The summed E-state index contributed by atoms with van der Waals surface area (Å²) in [6, 6.07) is 18.1. The van der Waals surface area contributed by atoms with E-state index in [0.29, 0.717) is 31.1 Å². The molecule has 0 saturated carbocycles. The van der Waals surface area contributed by atoms with Gasteiger partial charge < -0.3 is 9.32 Å². The number of carbonyl (C=O) groups excluding carboxylic acids is 1. The Morgan fingerprint density at radius 2 is 1.69 bits per heavy atom. The predicted molar refractivity (Wildman–Crippen MR) is 94.5 cm³/mol. The molecule has 0 aliphatic carbocycles. The maximum absolute atomic E-state index is 13.2. The van der Waals surface area contributed by atoms with Crippen molar-refractivity contribution in [1.82, 2.24) is 19.5 Å². The molecule has 0 atom stereocenters. The van der Waals surface area contributed by atoms with E-state index in [1.54, 1.807) is 9.42 Å². The number of fused-ring (bicyclic) bond motifs is 2. The zero-order valence-electron chi connectivity index (χ0n) is 14.0. The third-order valence-corrected chi connectivity index (χ3v) is 4.76. The van der Waals surface area contributed by atoms with Crippen LogP contribution in [0.3, 0.4) is 0 Å². The Hall–Kier alpha value is -3.41. The smallest absolute Gasteiger partial charge is 0.325 e. The van der Waals surface area contributed by atoms with E-state index in [4.69, 9.17) is 4.42 Å². The molecule has 0 saturated heterocycles. The minimum atomic E-state index is -0.126. The van der Waals surface area contributed by atoms with Crippen LogP contribution in [-0.2, 0) is 19.5 Å². The molecule has 0 fully saturated rings. The quantitative estimate of drug-likeness (QED) is 0.573. The van der Waals surface area contributed by atoms with Crippen LogP contribution in [0.2, 0.25) is 0 Å². The van der Waals surface area contributed by atoms with E-state index in [9.17, 15) is 4.79 Å². The Morgan fingerprint density at radius 1 is 1.00 bits per heavy atom. The molecule has 1 aliphatic rings. The van der Waals surface area contributed by atoms with Crippen molar-refractivity contribution in [3.05, 3.63) is 89.1 Å². The third-order valence-electron chi connectivity index (χ3n) is 4.76. The van der Waals surface area contributed by atoms with Crippen LogP contribution in [0.25, 0.3) is 5.84 Å². The van der Waals surface area contributed by atoms with Crippen LogP contribution >= 0.6 is 0 Å². The van der Waals surface area contributed by atoms with E-state index in [-0.39, 0.29) is 5.91 Å². The molecule has 0 unspecified atom stereocenters. The van der Waals surface area contributed by atoms with Crippen molar-refractivity contribution in [2.24, 2.45) is 0 Å². The molecular formula is C20H16N4O2. The van der Waals surface area contributed by atoms with E-state index in [1.165, 1.54) is 17.5 Å².